The zero-order chi connectivity index (χ0) is 21.4. The predicted molar refractivity (Wildman–Crippen MR) is 105 cm³/mol. The van der Waals surface area contributed by atoms with E-state index in [0.29, 0.717) is 36.2 Å². The van der Waals surface area contributed by atoms with E-state index in [0.717, 1.165) is 18.9 Å². The summed E-state index contributed by atoms with van der Waals surface area (Å²) in [7, 11) is 0. The molecule has 0 radical (unpaired) electrons. The van der Waals surface area contributed by atoms with Crippen molar-refractivity contribution in [1.82, 2.24) is 4.90 Å². The van der Waals surface area contributed by atoms with E-state index in [2.05, 4.69) is 0 Å². The lowest BCUT2D eigenvalue weighted by atomic mass is 9.88. The number of ether oxygens (including phenoxy) is 1. The van der Waals surface area contributed by atoms with Crippen LogP contribution < -0.4 is 0 Å². The minimum absolute atomic E-state index is 0.0850. The molecule has 0 unspecified atom stereocenters. The molecule has 1 amide bonds. The lowest BCUT2D eigenvalue weighted by Gasteiger charge is -2.37. The van der Waals surface area contributed by atoms with Crippen molar-refractivity contribution in [1.29, 1.82) is 0 Å². The molecule has 2 aromatic rings. The normalized spacial score (nSPS) is 19.4. The first kappa shape index (κ1) is 20.9. The second-order valence-electron chi connectivity index (χ2n) is 8.24. The van der Waals surface area contributed by atoms with Crippen LogP contribution in [0.1, 0.15) is 39.9 Å². The van der Waals surface area contributed by atoms with E-state index >= 15 is 0 Å². The summed E-state index contributed by atoms with van der Waals surface area (Å²) in [5, 5.41) is 10.4. The van der Waals surface area contributed by atoms with Crippen molar-refractivity contribution in [3.8, 4) is 0 Å². The monoisotopic (exact) mass is 419 g/mol. The number of carbonyl (C=O) groups excluding carboxylic acids is 1. The quantitative estimate of drug-likeness (QED) is 0.815. The molecular formula is C23H24F3NO3. The minimum Gasteiger partial charge on any atom is -0.380 e. The molecular weight excluding hydrogens is 395 g/mol. The standard InChI is InChI=1S/C23H24F3NO3/c24-23(25,26)20-6-1-3-17(12-20)11-16-7-9-27(10-8-16)21(28)18-4-2-5-19(13-18)22(29)14-30-15-22/h1-6,12-13,16,29H,7-11,14-15H2. The van der Waals surface area contributed by atoms with Crippen molar-refractivity contribution in [3.63, 3.8) is 0 Å². The first-order valence-electron chi connectivity index (χ1n) is 10.1. The molecule has 0 atom stereocenters. The van der Waals surface area contributed by atoms with Crippen molar-refractivity contribution in [2.45, 2.75) is 31.0 Å². The highest BCUT2D eigenvalue weighted by Gasteiger charge is 2.38. The van der Waals surface area contributed by atoms with Gasteiger partial charge in [0, 0.05) is 18.7 Å². The molecule has 0 aliphatic carbocycles. The number of nitrogens with zero attached hydrogens (tertiary/aromatic N) is 1. The van der Waals surface area contributed by atoms with Crippen LogP contribution in [0.4, 0.5) is 13.2 Å². The third kappa shape index (κ3) is 4.37. The van der Waals surface area contributed by atoms with Gasteiger partial charge in [-0.2, -0.15) is 13.2 Å². The largest absolute Gasteiger partial charge is 0.416 e. The van der Waals surface area contributed by atoms with E-state index in [1.54, 1.807) is 35.2 Å². The van der Waals surface area contributed by atoms with E-state index in [1.165, 1.54) is 12.1 Å². The van der Waals surface area contributed by atoms with Crippen LogP contribution in [-0.4, -0.2) is 42.2 Å². The number of alkyl halides is 3. The summed E-state index contributed by atoms with van der Waals surface area (Å²) in [6, 6.07) is 12.5. The Balaban J connectivity index is 1.36. The van der Waals surface area contributed by atoms with Crippen LogP contribution in [0.25, 0.3) is 0 Å². The van der Waals surface area contributed by atoms with Gasteiger partial charge >= 0.3 is 6.18 Å². The highest BCUT2D eigenvalue weighted by Crippen LogP contribution is 2.32. The van der Waals surface area contributed by atoms with Crippen LogP contribution in [0, 0.1) is 5.92 Å². The van der Waals surface area contributed by atoms with Gasteiger partial charge in [0.25, 0.3) is 5.91 Å². The number of aliphatic hydroxyl groups is 1. The molecule has 2 aliphatic heterocycles. The van der Waals surface area contributed by atoms with Crippen LogP contribution in [0.5, 0.6) is 0 Å². The van der Waals surface area contributed by atoms with Gasteiger partial charge in [0.05, 0.1) is 18.8 Å². The van der Waals surface area contributed by atoms with Gasteiger partial charge in [-0.15, -0.1) is 0 Å². The molecule has 4 rings (SSSR count). The number of hydrogen-bond donors (Lipinski definition) is 1. The Kier molecular flexibility index (Phi) is 5.59. The average molecular weight is 419 g/mol. The number of rotatable bonds is 4. The third-order valence-electron chi connectivity index (χ3n) is 6.01. The van der Waals surface area contributed by atoms with Gasteiger partial charge in [-0.3, -0.25) is 4.79 Å². The van der Waals surface area contributed by atoms with Gasteiger partial charge in [0.1, 0.15) is 5.60 Å². The van der Waals surface area contributed by atoms with Crippen LogP contribution in [0.15, 0.2) is 48.5 Å². The van der Waals surface area contributed by atoms with Crippen LogP contribution >= 0.6 is 0 Å². The number of benzene rings is 2. The Morgan fingerprint density at radius 2 is 1.80 bits per heavy atom. The molecule has 2 aromatic carbocycles. The zero-order valence-electron chi connectivity index (χ0n) is 16.5. The van der Waals surface area contributed by atoms with Gasteiger partial charge in [-0.05, 0) is 54.5 Å². The fraction of sp³-hybridized carbons (Fsp3) is 0.435. The summed E-state index contributed by atoms with van der Waals surface area (Å²) in [5.74, 6) is 0.162. The average Bonchev–Trinajstić information content (AvgIpc) is 2.72. The first-order valence-corrected chi connectivity index (χ1v) is 10.1. The SMILES string of the molecule is O=C(c1cccc(C2(O)COC2)c1)N1CCC(Cc2cccc(C(F)(F)F)c2)CC1. The number of carbonyl (C=O) groups is 1. The molecule has 30 heavy (non-hydrogen) atoms. The number of piperidine rings is 1. The Hall–Kier alpha value is -2.38. The molecule has 7 heteroatoms. The Bertz CT molecular complexity index is 916. The van der Waals surface area contributed by atoms with Crippen LogP contribution in [0.2, 0.25) is 0 Å². The Morgan fingerprint density at radius 1 is 1.10 bits per heavy atom. The molecule has 0 bridgehead atoms. The maximum absolute atomic E-state index is 12.9. The second kappa shape index (κ2) is 8.04. The van der Waals surface area contributed by atoms with Crippen LogP contribution in [-0.2, 0) is 22.9 Å². The lowest BCUT2D eigenvalue weighted by molar-refractivity contribution is -0.184. The lowest BCUT2D eigenvalue weighted by Crippen LogP contribution is -2.46. The van der Waals surface area contributed by atoms with E-state index in [1.807, 2.05) is 0 Å². The van der Waals surface area contributed by atoms with Gasteiger partial charge in [-0.25, -0.2) is 0 Å². The first-order chi connectivity index (χ1) is 14.2. The topological polar surface area (TPSA) is 49.8 Å². The van der Waals surface area contributed by atoms with E-state index in [4.69, 9.17) is 4.74 Å². The van der Waals surface area contributed by atoms with Crippen molar-refractivity contribution < 1.29 is 27.8 Å². The maximum atomic E-state index is 12.9. The maximum Gasteiger partial charge on any atom is 0.416 e. The zero-order valence-corrected chi connectivity index (χ0v) is 16.5. The fourth-order valence-corrected chi connectivity index (χ4v) is 4.13. The van der Waals surface area contributed by atoms with Gasteiger partial charge in [0.15, 0.2) is 0 Å². The molecule has 2 saturated heterocycles. The molecule has 0 saturated carbocycles. The number of hydrogen-bond acceptors (Lipinski definition) is 3. The van der Waals surface area contributed by atoms with Crippen molar-refractivity contribution >= 4 is 5.91 Å². The predicted octanol–water partition coefficient (Wildman–Crippen LogP) is 4.02. The van der Waals surface area contributed by atoms with E-state index < -0.39 is 17.3 Å². The molecule has 2 aliphatic rings. The number of amides is 1. The van der Waals surface area contributed by atoms with Crippen molar-refractivity contribution in [2.24, 2.45) is 5.92 Å². The number of halogens is 3. The molecule has 160 valence electrons. The summed E-state index contributed by atoms with van der Waals surface area (Å²) >= 11 is 0. The summed E-state index contributed by atoms with van der Waals surface area (Å²) < 4.78 is 43.8. The molecule has 4 nitrogen and oxygen atoms in total. The Labute approximate surface area is 173 Å². The van der Waals surface area contributed by atoms with E-state index in [-0.39, 0.29) is 25.0 Å². The van der Waals surface area contributed by atoms with Crippen molar-refractivity contribution in [3.05, 3.63) is 70.8 Å². The van der Waals surface area contributed by atoms with Gasteiger partial charge in [0.2, 0.25) is 0 Å². The smallest absolute Gasteiger partial charge is 0.380 e. The highest BCUT2D eigenvalue weighted by atomic mass is 19.4. The third-order valence-corrected chi connectivity index (χ3v) is 6.01. The minimum atomic E-state index is -4.33. The van der Waals surface area contributed by atoms with Crippen molar-refractivity contribution in [2.75, 3.05) is 26.3 Å². The van der Waals surface area contributed by atoms with Gasteiger partial charge < -0.3 is 14.7 Å². The summed E-state index contributed by atoms with van der Waals surface area (Å²) in [4.78, 5) is 14.7. The highest BCUT2D eigenvalue weighted by molar-refractivity contribution is 5.94. The fourth-order valence-electron chi connectivity index (χ4n) is 4.13. The number of likely N-dealkylation sites (tertiary alicyclic amines) is 1. The molecule has 1 N–H and O–H groups in total. The Morgan fingerprint density at radius 3 is 2.43 bits per heavy atom. The molecule has 0 aromatic heterocycles. The van der Waals surface area contributed by atoms with Crippen LogP contribution in [0.3, 0.4) is 0 Å². The molecule has 0 spiro atoms. The molecule has 2 heterocycles. The van der Waals surface area contributed by atoms with Gasteiger partial charge in [-0.1, -0.05) is 30.3 Å². The van der Waals surface area contributed by atoms with E-state index in [9.17, 15) is 23.1 Å². The second-order valence-corrected chi connectivity index (χ2v) is 8.24. The summed E-state index contributed by atoms with van der Waals surface area (Å²) in [6.45, 7) is 1.59. The summed E-state index contributed by atoms with van der Waals surface area (Å²) in [6.07, 6.45) is -2.26. The summed E-state index contributed by atoms with van der Waals surface area (Å²) in [5.41, 5.74) is 0.251. The molecule has 2 fully saturated rings.